The van der Waals surface area contributed by atoms with E-state index in [1.807, 2.05) is 11.0 Å². The summed E-state index contributed by atoms with van der Waals surface area (Å²) in [4.78, 5) is 10.7. The van der Waals surface area contributed by atoms with Crippen molar-refractivity contribution in [3.8, 4) is 0 Å². The molecule has 3 N–H and O–H groups in total. The summed E-state index contributed by atoms with van der Waals surface area (Å²) < 4.78 is 10.4. The number of aromatic nitrogens is 2. The standard InChI is InChI=1S/C18H27N5O2/c1-13-5-6-15(14(2)11-13)22-17-16(19)18(21-12-20-17)23(7-9-24-3)8-10-25-4/h5-6,11-12H,7-10,19H2,1-4H3,(H,20,21,22). The summed E-state index contributed by atoms with van der Waals surface area (Å²) in [6, 6.07) is 6.20. The van der Waals surface area contributed by atoms with Crippen molar-refractivity contribution in [2.24, 2.45) is 0 Å². The Morgan fingerprint density at radius 2 is 1.76 bits per heavy atom. The molecule has 0 bridgehead atoms. The number of nitrogens with zero attached hydrogens (tertiary/aromatic N) is 3. The summed E-state index contributed by atoms with van der Waals surface area (Å²) in [5, 5.41) is 3.31. The molecule has 1 aromatic heterocycles. The second-order valence-electron chi connectivity index (χ2n) is 5.88. The van der Waals surface area contributed by atoms with Crippen molar-refractivity contribution in [1.29, 1.82) is 0 Å². The summed E-state index contributed by atoms with van der Waals surface area (Å²) in [6.07, 6.45) is 1.52. The molecule has 0 atom stereocenters. The molecule has 1 heterocycles. The van der Waals surface area contributed by atoms with E-state index >= 15 is 0 Å². The number of nitrogen functional groups attached to an aromatic ring is 1. The molecule has 0 radical (unpaired) electrons. The monoisotopic (exact) mass is 345 g/mol. The van der Waals surface area contributed by atoms with Crippen molar-refractivity contribution < 1.29 is 9.47 Å². The van der Waals surface area contributed by atoms with Gasteiger partial charge in [0.25, 0.3) is 0 Å². The Balaban J connectivity index is 2.27. The SMILES string of the molecule is COCCN(CCOC)c1ncnc(Nc2ccc(C)cc2C)c1N. The number of aryl methyl sites for hydroxylation is 2. The predicted octanol–water partition coefficient (Wildman–Crippen LogP) is 2.52. The lowest BCUT2D eigenvalue weighted by molar-refractivity contribution is 0.190. The van der Waals surface area contributed by atoms with Crippen LogP contribution in [-0.2, 0) is 9.47 Å². The van der Waals surface area contributed by atoms with Crippen molar-refractivity contribution in [1.82, 2.24) is 9.97 Å². The van der Waals surface area contributed by atoms with E-state index in [1.165, 1.54) is 11.9 Å². The van der Waals surface area contributed by atoms with Crippen molar-refractivity contribution in [3.63, 3.8) is 0 Å². The van der Waals surface area contributed by atoms with Gasteiger partial charge in [0.1, 0.15) is 12.0 Å². The first-order valence-electron chi connectivity index (χ1n) is 8.24. The Labute approximate surface area is 149 Å². The number of anilines is 4. The average Bonchev–Trinajstić information content (AvgIpc) is 2.59. The highest BCUT2D eigenvalue weighted by Gasteiger charge is 2.15. The van der Waals surface area contributed by atoms with Gasteiger partial charge < -0.3 is 25.4 Å². The molecular weight excluding hydrogens is 318 g/mol. The summed E-state index contributed by atoms with van der Waals surface area (Å²) >= 11 is 0. The molecule has 0 aliphatic heterocycles. The smallest absolute Gasteiger partial charge is 0.159 e. The van der Waals surface area contributed by atoms with Crippen LogP contribution in [0.4, 0.5) is 23.0 Å². The zero-order valence-corrected chi connectivity index (χ0v) is 15.4. The molecule has 0 saturated heterocycles. The van der Waals surface area contributed by atoms with Gasteiger partial charge in [-0.05, 0) is 25.5 Å². The third-order valence-corrected chi connectivity index (χ3v) is 3.93. The largest absolute Gasteiger partial charge is 0.393 e. The van der Waals surface area contributed by atoms with Gasteiger partial charge in [0.05, 0.1) is 13.2 Å². The van der Waals surface area contributed by atoms with Crippen LogP contribution >= 0.6 is 0 Å². The molecule has 2 aromatic rings. The molecule has 0 aliphatic rings. The maximum Gasteiger partial charge on any atom is 0.159 e. The minimum Gasteiger partial charge on any atom is -0.393 e. The number of benzene rings is 1. The zero-order chi connectivity index (χ0) is 18.2. The fourth-order valence-corrected chi connectivity index (χ4v) is 2.55. The molecule has 0 spiro atoms. The number of hydrogen-bond donors (Lipinski definition) is 2. The maximum absolute atomic E-state index is 6.34. The normalized spacial score (nSPS) is 10.7. The second-order valence-corrected chi connectivity index (χ2v) is 5.88. The van der Waals surface area contributed by atoms with Crippen molar-refractivity contribution in [3.05, 3.63) is 35.7 Å². The van der Waals surface area contributed by atoms with Crippen LogP contribution < -0.4 is 16.0 Å². The fourth-order valence-electron chi connectivity index (χ4n) is 2.55. The fraction of sp³-hybridized carbons (Fsp3) is 0.444. The first-order chi connectivity index (χ1) is 12.1. The van der Waals surface area contributed by atoms with Crippen LogP contribution in [0.2, 0.25) is 0 Å². The number of ether oxygens (including phenoxy) is 2. The highest BCUT2D eigenvalue weighted by molar-refractivity contribution is 5.79. The van der Waals surface area contributed by atoms with E-state index in [4.69, 9.17) is 15.2 Å². The van der Waals surface area contributed by atoms with Crippen molar-refractivity contribution >= 4 is 23.0 Å². The minimum absolute atomic E-state index is 0.509. The Bertz CT molecular complexity index is 685. The lowest BCUT2D eigenvalue weighted by Crippen LogP contribution is -2.32. The van der Waals surface area contributed by atoms with Gasteiger partial charge in [0, 0.05) is 33.0 Å². The Morgan fingerprint density at radius 3 is 2.36 bits per heavy atom. The number of rotatable bonds is 9. The van der Waals surface area contributed by atoms with Gasteiger partial charge in [-0.2, -0.15) is 0 Å². The van der Waals surface area contributed by atoms with Gasteiger partial charge in [-0.15, -0.1) is 0 Å². The number of nitrogens with two attached hydrogens (primary N) is 1. The topological polar surface area (TPSA) is 85.5 Å². The molecular formula is C18H27N5O2. The van der Waals surface area contributed by atoms with E-state index in [0.29, 0.717) is 43.6 Å². The first kappa shape index (κ1) is 19.0. The van der Waals surface area contributed by atoms with Gasteiger partial charge in [-0.25, -0.2) is 9.97 Å². The highest BCUT2D eigenvalue weighted by atomic mass is 16.5. The Hall–Kier alpha value is -2.38. The molecule has 7 heteroatoms. The molecule has 0 unspecified atom stereocenters. The van der Waals surface area contributed by atoms with Crippen LogP contribution in [0.15, 0.2) is 24.5 Å². The molecule has 25 heavy (non-hydrogen) atoms. The molecule has 7 nitrogen and oxygen atoms in total. The van der Waals surface area contributed by atoms with E-state index in [1.54, 1.807) is 14.2 Å². The Kier molecular flexibility index (Phi) is 6.97. The van der Waals surface area contributed by atoms with Crippen LogP contribution in [0.5, 0.6) is 0 Å². The lowest BCUT2D eigenvalue weighted by atomic mass is 10.1. The van der Waals surface area contributed by atoms with Crippen molar-refractivity contribution in [2.45, 2.75) is 13.8 Å². The number of methoxy groups -OCH3 is 2. The molecule has 136 valence electrons. The second kappa shape index (κ2) is 9.19. The Morgan fingerprint density at radius 1 is 1.08 bits per heavy atom. The summed E-state index contributed by atoms with van der Waals surface area (Å²) in [6.45, 7) is 6.61. The third-order valence-electron chi connectivity index (χ3n) is 3.93. The number of nitrogens with one attached hydrogen (secondary N) is 1. The minimum atomic E-state index is 0.509. The van der Waals surface area contributed by atoms with Gasteiger partial charge >= 0.3 is 0 Å². The third kappa shape index (κ3) is 5.04. The van der Waals surface area contributed by atoms with Gasteiger partial charge in [-0.1, -0.05) is 17.7 Å². The summed E-state index contributed by atoms with van der Waals surface area (Å²) in [5.41, 5.74) is 10.2. The van der Waals surface area contributed by atoms with Crippen LogP contribution in [0.25, 0.3) is 0 Å². The van der Waals surface area contributed by atoms with E-state index in [0.717, 1.165) is 11.3 Å². The zero-order valence-electron chi connectivity index (χ0n) is 15.4. The van der Waals surface area contributed by atoms with Crippen LogP contribution in [0, 0.1) is 13.8 Å². The van der Waals surface area contributed by atoms with Crippen molar-refractivity contribution in [2.75, 3.05) is 56.5 Å². The van der Waals surface area contributed by atoms with Crippen LogP contribution in [0.3, 0.4) is 0 Å². The summed E-state index contributed by atoms with van der Waals surface area (Å²) in [5.74, 6) is 1.27. The number of hydrogen-bond acceptors (Lipinski definition) is 7. The molecule has 0 saturated carbocycles. The molecule has 1 aromatic carbocycles. The van der Waals surface area contributed by atoms with Gasteiger partial charge in [-0.3, -0.25) is 0 Å². The van der Waals surface area contributed by atoms with Gasteiger partial charge in [0.15, 0.2) is 11.6 Å². The molecule has 2 rings (SSSR count). The first-order valence-corrected chi connectivity index (χ1v) is 8.24. The molecule has 0 amide bonds. The average molecular weight is 345 g/mol. The maximum atomic E-state index is 6.34. The van der Waals surface area contributed by atoms with E-state index < -0.39 is 0 Å². The lowest BCUT2D eigenvalue weighted by Gasteiger charge is -2.25. The van der Waals surface area contributed by atoms with Crippen LogP contribution in [-0.4, -0.2) is 50.5 Å². The summed E-state index contributed by atoms with van der Waals surface area (Å²) in [7, 11) is 3.34. The quantitative estimate of drug-likeness (QED) is 0.722. The molecule has 0 fully saturated rings. The van der Waals surface area contributed by atoms with Crippen LogP contribution in [0.1, 0.15) is 11.1 Å². The van der Waals surface area contributed by atoms with E-state index in [9.17, 15) is 0 Å². The highest BCUT2D eigenvalue weighted by Crippen LogP contribution is 2.29. The van der Waals surface area contributed by atoms with E-state index in [2.05, 4.69) is 41.3 Å². The van der Waals surface area contributed by atoms with Gasteiger partial charge in [0.2, 0.25) is 0 Å². The molecule has 0 aliphatic carbocycles. The predicted molar refractivity (Wildman–Crippen MR) is 102 cm³/mol. The van der Waals surface area contributed by atoms with E-state index in [-0.39, 0.29) is 0 Å².